The molecule has 0 bridgehead atoms. The molecular weight excluding hydrogens is 396 g/mol. The number of rotatable bonds is 3. The Bertz CT molecular complexity index is 742. The Hall–Kier alpha value is -1.17. The van der Waals surface area contributed by atoms with Crippen LogP contribution < -0.4 is 21.9 Å². The van der Waals surface area contributed by atoms with Crippen molar-refractivity contribution in [3.8, 4) is 0 Å². The minimum atomic E-state index is -0.892. The molecule has 1 atom stereocenters. The van der Waals surface area contributed by atoms with E-state index in [1.807, 2.05) is 6.07 Å². The fourth-order valence-corrected chi connectivity index (χ4v) is 4.76. The van der Waals surface area contributed by atoms with Crippen LogP contribution in [0, 0.1) is 0 Å². The summed E-state index contributed by atoms with van der Waals surface area (Å²) in [4.78, 5) is 3.39. The summed E-state index contributed by atoms with van der Waals surface area (Å²) in [6.45, 7) is 3.74. The van der Waals surface area contributed by atoms with E-state index in [2.05, 4.69) is 52.1 Å². The summed E-state index contributed by atoms with van der Waals surface area (Å²) in [6.07, 6.45) is 5.70. The second-order valence-electron chi connectivity index (χ2n) is 6.78. The number of halogens is 1. The van der Waals surface area contributed by atoms with Crippen molar-refractivity contribution < 1.29 is 26.7 Å². The molecule has 0 radical (unpaired) electrons. The van der Waals surface area contributed by atoms with E-state index >= 15 is 0 Å². The van der Waals surface area contributed by atoms with Gasteiger partial charge in [-0.05, 0) is 54.8 Å². The van der Waals surface area contributed by atoms with Gasteiger partial charge in [-0.3, -0.25) is 0 Å². The molecule has 0 aliphatic carbocycles. The first kappa shape index (κ1) is 18.6. The van der Waals surface area contributed by atoms with E-state index in [-0.39, 0.29) is 17.0 Å². The molecular formula is C20H25BrN2OS. The fraction of sp³-hybridized carbons (Fsp3) is 0.450. The summed E-state index contributed by atoms with van der Waals surface area (Å²) in [7, 11) is 0. The molecule has 5 heteroatoms. The molecule has 0 saturated carbocycles. The topological polar surface area (TPSA) is 26.5 Å². The smallest absolute Gasteiger partial charge is 0.280 e. The van der Waals surface area contributed by atoms with Crippen LogP contribution in [0.4, 0.5) is 5.69 Å². The van der Waals surface area contributed by atoms with Gasteiger partial charge in [0, 0.05) is 6.42 Å². The Kier molecular flexibility index (Phi) is 5.66. The first-order valence-electron chi connectivity index (χ1n) is 8.98. The van der Waals surface area contributed by atoms with Crippen molar-refractivity contribution >= 4 is 22.9 Å². The Labute approximate surface area is 164 Å². The molecule has 1 aromatic carbocycles. The Morgan fingerprint density at radius 1 is 1.16 bits per heavy atom. The van der Waals surface area contributed by atoms with Crippen LogP contribution in [0.25, 0.3) is 0 Å². The lowest BCUT2D eigenvalue weighted by atomic mass is 10.1. The summed E-state index contributed by atoms with van der Waals surface area (Å²) in [6, 6.07) is 12.9. The Morgan fingerprint density at radius 2 is 1.96 bits per heavy atom. The predicted octanol–water partition coefficient (Wildman–Crippen LogP) is 0.965. The molecule has 0 amide bonds. The summed E-state index contributed by atoms with van der Waals surface area (Å²) in [5.74, 6) is 1.28. The lowest BCUT2D eigenvalue weighted by Gasteiger charge is -2.21. The Morgan fingerprint density at radius 3 is 2.64 bits per heavy atom. The van der Waals surface area contributed by atoms with Gasteiger partial charge in [0.2, 0.25) is 0 Å². The van der Waals surface area contributed by atoms with Crippen LogP contribution in [0.15, 0.2) is 41.8 Å². The number of aryl methyl sites for hydroxylation is 1. The first-order valence-corrected chi connectivity index (χ1v) is 9.86. The third-order valence-corrected chi connectivity index (χ3v) is 6.31. The molecule has 3 heterocycles. The third-order valence-electron chi connectivity index (χ3n) is 5.30. The van der Waals surface area contributed by atoms with E-state index in [9.17, 15) is 5.11 Å². The van der Waals surface area contributed by atoms with E-state index in [0.29, 0.717) is 6.54 Å². The maximum absolute atomic E-state index is 11.6. The number of benzene rings is 1. The van der Waals surface area contributed by atoms with Crippen LogP contribution >= 0.6 is 11.3 Å². The van der Waals surface area contributed by atoms with Gasteiger partial charge < -0.3 is 22.1 Å². The average molecular weight is 421 g/mol. The summed E-state index contributed by atoms with van der Waals surface area (Å²) < 4.78 is 2.26. The number of amidine groups is 1. The molecule has 25 heavy (non-hydrogen) atoms. The highest BCUT2D eigenvalue weighted by Crippen LogP contribution is 2.37. The molecule has 2 aliphatic rings. The third kappa shape index (κ3) is 3.29. The number of β-amino-alcohol motifs (C(OH)–C–C–N with tert-alkyl or cyclic N) is 1. The number of hydrogen-bond acceptors (Lipinski definition) is 3. The van der Waals surface area contributed by atoms with Crippen molar-refractivity contribution in [2.45, 2.75) is 44.8 Å². The molecule has 0 saturated heterocycles. The number of aliphatic hydroxyl groups is 1. The van der Waals surface area contributed by atoms with Gasteiger partial charge in [0.1, 0.15) is 5.69 Å². The molecule has 4 rings (SSSR count). The Balaban J connectivity index is 0.00000182. The van der Waals surface area contributed by atoms with Gasteiger partial charge in [-0.15, -0.1) is 11.3 Å². The van der Waals surface area contributed by atoms with Crippen LogP contribution in [0.2, 0.25) is 0 Å². The minimum Gasteiger partial charge on any atom is -1.00 e. The predicted molar refractivity (Wildman–Crippen MR) is 100.0 cm³/mol. The molecule has 0 spiro atoms. The fourth-order valence-electron chi connectivity index (χ4n) is 3.94. The van der Waals surface area contributed by atoms with Gasteiger partial charge in [0.15, 0.2) is 6.54 Å². The normalized spacial score (nSPS) is 23.2. The molecule has 3 nitrogen and oxygen atoms in total. The highest BCUT2D eigenvalue weighted by molar-refractivity contribution is 7.10. The average Bonchev–Trinajstić information content (AvgIpc) is 3.16. The molecule has 134 valence electrons. The zero-order chi connectivity index (χ0) is 16.6. The van der Waals surface area contributed by atoms with Gasteiger partial charge in [-0.1, -0.05) is 25.1 Å². The molecule has 1 N–H and O–H groups in total. The summed E-state index contributed by atoms with van der Waals surface area (Å²) in [5, 5.41) is 13.6. The largest absolute Gasteiger partial charge is 1.00 e. The van der Waals surface area contributed by atoms with Crippen LogP contribution in [0.1, 0.15) is 43.0 Å². The number of hydrogen-bond donors (Lipinski definition) is 1. The van der Waals surface area contributed by atoms with Crippen molar-refractivity contribution in [2.75, 3.05) is 18.0 Å². The molecule has 0 fully saturated rings. The van der Waals surface area contributed by atoms with Gasteiger partial charge >= 0.3 is 0 Å². The molecule has 1 unspecified atom stereocenters. The lowest BCUT2D eigenvalue weighted by molar-refractivity contribution is -0.657. The second kappa shape index (κ2) is 7.60. The maximum atomic E-state index is 11.6. The van der Waals surface area contributed by atoms with E-state index in [1.165, 1.54) is 29.9 Å². The van der Waals surface area contributed by atoms with Crippen LogP contribution in [0.3, 0.4) is 0 Å². The van der Waals surface area contributed by atoms with Crippen molar-refractivity contribution in [1.82, 2.24) is 0 Å². The standard InChI is InChI=1S/C20H25N2OS.BrH/c1-2-16-9-11-17(12-10-16)21-15-20(23,18-7-6-14-24-18)22-13-5-3-4-8-19(21)22;/h6-7,9-12,14,23H,2-5,8,13,15H2,1H3;1H/q+1;/p-1. The van der Waals surface area contributed by atoms with Crippen molar-refractivity contribution in [3.05, 3.63) is 52.2 Å². The van der Waals surface area contributed by atoms with Crippen LogP contribution in [-0.2, 0) is 12.1 Å². The SMILES string of the molecule is CCc1ccc(N2CC(O)(c3cccs3)[N+]3=C2CCCCC3)cc1.[Br-]. The zero-order valence-electron chi connectivity index (χ0n) is 14.6. The number of anilines is 1. The van der Waals surface area contributed by atoms with Gasteiger partial charge in [0.25, 0.3) is 11.6 Å². The van der Waals surface area contributed by atoms with Gasteiger partial charge in [-0.25, -0.2) is 9.48 Å². The molecule has 2 aliphatic heterocycles. The second-order valence-corrected chi connectivity index (χ2v) is 7.73. The monoisotopic (exact) mass is 420 g/mol. The van der Waals surface area contributed by atoms with E-state index in [1.54, 1.807) is 11.3 Å². The maximum Gasteiger partial charge on any atom is 0.280 e. The van der Waals surface area contributed by atoms with Crippen LogP contribution in [0.5, 0.6) is 0 Å². The van der Waals surface area contributed by atoms with Crippen molar-refractivity contribution in [1.29, 1.82) is 0 Å². The first-order chi connectivity index (χ1) is 11.7. The summed E-state index contributed by atoms with van der Waals surface area (Å²) in [5.41, 5.74) is 1.66. The van der Waals surface area contributed by atoms with Crippen molar-refractivity contribution in [2.24, 2.45) is 0 Å². The number of thiophene rings is 1. The zero-order valence-corrected chi connectivity index (χ0v) is 17.0. The molecule has 2 aromatic rings. The minimum absolute atomic E-state index is 0. The van der Waals surface area contributed by atoms with E-state index in [4.69, 9.17) is 0 Å². The molecule has 1 aromatic heterocycles. The van der Waals surface area contributed by atoms with Crippen molar-refractivity contribution in [3.63, 3.8) is 0 Å². The van der Waals surface area contributed by atoms with E-state index < -0.39 is 5.72 Å². The summed E-state index contributed by atoms with van der Waals surface area (Å²) >= 11 is 1.65. The van der Waals surface area contributed by atoms with E-state index in [0.717, 1.165) is 30.7 Å². The van der Waals surface area contributed by atoms with Crippen LogP contribution in [-0.4, -0.2) is 28.6 Å². The van der Waals surface area contributed by atoms with Gasteiger partial charge in [0.05, 0.1) is 11.4 Å². The number of nitrogens with zero attached hydrogens (tertiary/aromatic N) is 2. The van der Waals surface area contributed by atoms with Gasteiger partial charge in [-0.2, -0.15) is 0 Å². The lowest BCUT2D eigenvalue weighted by Crippen LogP contribution is -3.00. The highest BCUT2D eigenvalue weighted by Gasteiger charge is 2.52. The quantitative estimate of drug-likeness (QED) is 0.748. The highest BCUT2D eigenvalue weighted by atomic mass is 79.9.